The first-order valence-corrected chi connectivity index (χ1v) is 4.17. The van der Waals surface area contributed by atoms with E-state index in [9.17, 15) is 0 Å². The topological polar surface area (TPSA) is 49.9 Å². The Kier molecular flexibility index (Phi) is 2.79. The summed E-state index contributed by atoms with van der Waals surface area (Å²) in [5.41, 5.74) is 6.73. The summed E-state index contributed by atoms with van der Waals surface area (Å²) >= 11 is 3.13. The van der Waals surface area contributed by atoms with Crippen LogP contribution in [0.25, 0.3) is 0 Å². The van der Waals surface area contributed by atoms with Crippen LogP contribution >= 0.6 is 15.9 Å². The van der Waals surface area contributed by atoms with Crippen molar-refractivity contribution in [3.63, 3.8) is 0 Å². The fraction of sp³-hybridized carbons (Fsp3) is 0.125. The Morgan fingerprint density at radius 3 is 2.36 bits per heavy atom. The van der Waals surface area contributed by atoms with Gasteiger partial charge in [-0.15, -0.1) is 0 Å². The third-order valence-corrected chi connectivity index (χ3v) is 1.82. The SMILES string of the molecule is N=C(c1ccccc1)C(N)Br. The van der Waals surface area contributed by atoms with Gasteiger partial charge in [0.2, 0.25) is 0 Å². The molecule has 2 nitrogen and oxygen atoms in total. The van der Waals surface area contributed by atoms with Gasteiger partial charge in [-0.1, -0.05) is 46.3 Å². The van der Waals surface area contributed by atoms with E-state index in [1.54, 1.807) is 0 Å². The summed E-state index contributed by atoms with van der Waals surface area (Å²) in [7, 11) is 0. The van der Waals surface area contributed by atoms with E-state index < -0.39 is 0 Å². The van der Waals surface area contributed by atoms with Crippen LogP contribution in [-0.4, -0.2) is 10.7 Å². The first-order chi connectivity index (χ1) is 5.22. The van der Waals surface area contributed by atoms with E-state index >= 15 is 0 Å². The monoisotopic (exact) mass is 212 g/mol. The number of nitrogens with two attached hydrogens (primary N) is 1. The maximum absolute atomic E-state index is 7.51. The van der Waals surface area contributed by atoms with Gasteiger partial charge in [-0.25, -0.2) is 0 Å². The van der Waals surface area contributed by atoms with E-state index in [0.29, 0.717) is 5.71 Å². The Morgan fingerprint density at radius 1 is 1.36 bits per heavy atom. The fourth-order valence-corrected chi connectivity index (χ4v) is 1.04. The van der Waals surface area contributed by atoms with Gasteiger partial charge >= 0.3 is 0 Å². The molecule has 3 heteroatoms. The molecule has 1 atom stereocenters. The van der Waals surface area contributed by atoms with Crippen molar-refractivity contribution in [3.05, 3.63) is 35.9 Å². The number of hydrogen-bond acceptors (Lipinski definition) is 2. The Balaban J connectivity index is 2.86. The van der Waals surface area contributed by atoms with Crippen LogP contribution in [-0.2, 0) is 0 Å². The molecule has 1 aromatic rings. The molecule has 58 valence electrons. The number of alkyl halides is 1. The van der Waals surface area contributed by atoms with Crippen molar-refractivity contribution in [2.45, 2.75) is 4.95 Å². The van der Waals surface area contributed by atoms with Crippen LogP contribution in [0.3, 0.4) is 0 Å². The zero-order chi connectivity index (χ0) is 8.27. The number of rotatable bonds is 2. The molecule has 1 unspecified atom stereocenters. The van der Waals surface area contributed by atoms with Crippen LogP contribution in [0.5, 0.6) is 0 Å². The quantitative estimate of drug-likeness (QED) is 0.438. The Bertz CT molecular complexity index is 244. The van der Waals surface area contributed by atoms with Crippen molar-refractivity contribution in [2.75, 3.05) is 0 Å². The van der Waals surface area contributed by atoms with Crippen molar-refractivity contribution < 1.29 is 0 Å². The summed E-state index contributed by atoms with van der Waals surface area (Å²) in [5.74, 6) is 0. The number of halogens is 1. The molecular formula is C8H9BrN2. The molecule has 3 N–H and O–H groups in total. The first kappa shape index (κ1) is 8.43. The van der Waals surface area contributed by atoms with Gasteiger partial charge in [-0.05, 0) is 5.56 Å². The summed E-state index contributed by atoms with van der Waals surface area (Å²) < 4.78 is 0. The van der Waals surface area contributed by atoms with Gasteiger partial charge in [0, 0.05) is 0 Å². The van der Waals surface area contributed by atoms with Crippen LogP contribution < -0.4 is 5.73 Å². The molecule has 1 aromatic carbocycles. The normalized spacial score (nSPS) is 12.5. The van der Waals surface area contributed by atoms with E-state index in [1.807, 2.05) is 30.3 Å². The lowest BCUT2D eigenvalue weighted by Crippen LogP contribution is -2.23. The lowest BCUT2D eigenvalue weighted by molar-refractivity contribution is 1.21. The Morgan fingerprint density at radius 2 is 1.91 bits per heavy atom. The summed E-state index contributed by atoms with van der Waals surface area (Å²) in [5, 5.41) is 7.51. The second kappa shape index (κ2) is 3.64. The molecule has 0 aliphatic heterocycles. The van der Waals surface area contributed by atoms with Gasteiger partial charge < -0.3 is 11.1 Å². The van der Waals surface area contributed by atoms with Crippen molar-refractivity contribution >= 4 is 21.6 Å². The lowest BCUT2D eigenvalue weighted by Gasteiger charge is -2.04. The highest BCUT2D eigenvalue weighted by Crippen LogP contribution is 2.04. The highest BCUT2D eigenvalue weighted by atomic mass is 79.9. The Hall–Kier alpha value is -0.670. The molecule has 0 spiro atoms. The van der Waals surface area contributed by atoms with E-state index in [1.165, 1.54) is 0 Å². The van der Waals surface area contributed by atoms with E-state index in [4.69, 9.17) is 11.1 Å². The summed E-state index contributed by atoms with van der Waals surface area (Å²) in [6.45, 7) is 0. The maximum atomic E-state index is 7.51. The minimum atomic E-state index is -0.370. The summed E-state index contributed by atoms with van der Waals surface area (Å²) in [4.78, 5) is -0.370. The van der Waals surface area contributed by atoms with Crippen LogP contribution in [0.4, 0.5) is 0 Å². The zero-order valence-corrected chi connectivity index (χ0v) is 7.51. The second-order valence-corrected chi connectivity index (χ2v) is 3.17. The third kappa shape index (κ3) is 2.13. The molecule has 0 bridgehead atoms. The maximum Gasteiger partial charge on any atom is 0.103 e. The fourth-order valence-electron chi connectivity index (χ4n) is 0.777. The Labute approximate surface area is 74.1 Å². The second-order valence-electron chi connectivity index (χ2n) is 2.18. The predicted octanol–water partition coefficient (Wildman–Crippen LogP) is 1.73. The predicted molar refractivity (Wildman–Crippen MR) is 50.2 cm³/mol. The van der Waals surface area contributed by atoms with Gasteiger partial charge in [-0.3, -0.25) is 0 Å². The molecule has 0 heterocycles. The van der Waals surface area contributed by atoms with Crippen LogP contribution in [0.15, 0.2) is 30.3 Å². The lowest BCUT2D eigenvalue weighted by atomic mass is 10.1. The molecule has 1 rings (SSSR count). The highest BCUT2D eigenvalue weighted by Gasteiger charge is 2.05. The van der Waals surface area contributed by atoms with Gasteiger partial charge in [0.05, 0.1) is 5.71 Å². The van der Waals surface area contributed by atoms with Gasteiger partial charge in [0.25, 0.3) is 0 Å². The largest absolute Gasteiger partial charge is 0.314 e. The highest BCUT2D eigenvalue weighted by molar-refractivity contribution is 9.10. The molecule has 0 aliphatic rings. The minimum Gasteiger partial charge on any atom is -0.314 e. The van der Waals surface area contributed by atoms with Gasteiger partial charge in [-0.2, -0.15) is 0 Å². The smallest absolute Gasteiger partial charge is 0.103 e. The standard InChI is InChI=1S/C8H9BrN2/c9-8(11)7(10)6-4-2-1-3-5-6/h1-5,8,10H,11H2. The number of hydrogen-bond donors (Lipinski definition) is 2. The number of nitrogens with one attached hydrogen (secondary N) is 1. The van der Waals surface area contributed by atoms with Crippen molar-refractivity contribution in [1.82, 2.24) is 0 Å². The molecule has 11 heavy (non-hydrogen) atoms. The van der Waals surface area contributed by atoms with Crippen LogP contribution in [0.2, 0.25) is 0 Å². The van der Waals surface area contributed by atoms with Crippen molar-refractivity contribution in [2.24, 2.45) is 5.73 Å². The van der Waals surface area contributed by atoms with Crippen LogP contribution in [0, 0.1) is 5.41 Å². The first-order valence-electron chi connectivity index (χ1n) is 3.25. The molecule has 0 saturated carbocycles. The van der Waals surface area contributed by atoms with Crippen molar-refractivity contribution in [3.8, 4) is 0 Å². The van der Waals surface area contributed by atoms with Gasteiger partial charge in [0.1, 0.15) is 4.95 Å². The molecule has 0 amide bonds. The van der Waals surface area contributed by atoms with Gasteiger partial charge in [0.15, 0.2) is 0 Å². The zero-order valence-electron chi connectivity index (χ0n) is 5.92. The van der Waals surface area contributed by atoms with E-state index in [2.05, 4.69) is 15.9 Å². The molecule has 0 radical (unpaired) electrons. The third-order valence-electron chi connectivity index (χ3n) is 1.36. The summed E-state index contributed by atoms with van der Waals surface area (Å²) in [6, 6.07) is 9.42. The molecule has 0 saturated heterocycles. The molecule has 0 aliphatic carbocycles. The van der Waals surface area contributed by atoms with E-state index in [-0.39, 0.29) is 4.95 Å². The molecule has 0 aromatic heterocycles. The number of benzene rings is 1. The molecule has 0 fully saturated rings. The molecular weight excluding hydrogens is 204 g/mol. The van der Waals surface area contributed by atoms with Crippen molar-refractivity contribution in [1.29, 1.82) is 5.41 Å². The van der Waals surface area contributed by atoms with E-state index in [0.717, 1.165) is 5.56 Å². The average molecular weight is 213 g/mol. The minimum absolute atomic E-state index is 0.370. The summed E-state index contributed by atoms with van der Waals surface area (Å²) in [6.07, 6.45) is 0. The van der Waals surface area contributed by atoms with Crippen LogP contribution in [0.1, 0.15) is 5.56 Å². The average Bonchev–Trinajstić information content (AvgIpc) is 2.05.